The highest BCUT2D eigenvalue weighted by molar-refractivity contribution is 5.80. The van der Waals surface area contributed by atoms with Crippen LogP contribution in [0.2, 0.25) is 0 Å². The molecule has 2 N–H and O–H groups in total. The second-order valence-corrected chi connectivity index (χ2v) is 8.69. The largest absolute Gasteiger partial charge is 0.356 e. The molecule has 6 nitrogen and oxygen atoms in total. The molecule has 0 saturated heterocycles. The number of aromatic nitrogens is 3. The van der Waals surface area contributed by atoms with Crippen molar-refractivity contribution in [2.24, 2.45) is 12.0 Å². The van der Waals surface area contributed by atoms with Crippen LogP contribution in [0, 0.1) is 6.92 Å². The Labute approximate surface area is 191 Å². The van der Waals surface area contributed by atoms with E-state index in [0.717, 1.165) is 30.6 Å². The lowest BCUT2D eigenvalue weighted by Gasteiger charge is -2.22. The van der Waals surface area contributed by atoms with Gasteiger partial charge in [0, 0.05) is 25.6 Å². The minimum Gasteiger partial charge on any atom is -0.356 e. The second-order valence-electron chi connectivity index (χ2n) is 8.69. The first-order chi connectivity index (χ1) is 15.7. The van der Waals surface area contributed by atoms with Gasteiger partial charge < -0.3 is 15.2 Å². The van der Waals surface area contributed by atoms with Gasteiger partial charge in [-0.15, -0.1) is 10.2 Å². The van der Waals surface area contributed by atoms with Gasteiger partial charge in [0.1, 0.15) is 12.4 Å². The molecule has 3 aromatic rings. The molecule has 1 unspecified atom stereocenters. The fraction of sp³-hybridized carbons (Fsp3) is 0.423. The summed E-state index contributed by atoms with van der Waals surface area (Å²) >= 11 is 0. The van der Waals surface area contributed by atoms with Crippen LogP contribution >= 0.6 is 0 Å². The molecule has 1 atom stereocenters. The third kappa shape index (κ3) is 5.96. The fourth-order valence-electron chi connectivity index (χ4n) is 4.31. The molecule has 168 valence electrons. The highest BCUT2D eigenvalue weighted by Gasteiger charge is 2.18. The van der Waals surface area contributed by atoms with E-state index in [1.807, 2.05) is 18.5 Å². The van der Waals surface area contributed by atoms with Gasteiger partial charge >= 0.3 is 0 Å². The first-order valence-electron chi connectivity index (χ1n) is 11.7. The molecule has 0 bridgehead atoms. The van der Waals surface area contributed by atoms with Crippen molar-refractivity contribution in [3.63, 3.8) is 0 Å². The zero-order valence-corrected chi connectivity index (χ0v) is 19.2. The highest BCUT2D eigenvalue weighted by atomic mass is 15.3. The molecule has 2 aromatic carbocycles. The summed E-state index contributed by atoms with van der Waals surface area (Å²) in [4.78, 5) is 4.88. The van der Waals surface area contributed by atoms with Crippen LogP contribution in [0.4, 0.5) is 0 Å². The van der Waals surface area contributed by atoms with Crippen LogP contribution in [0.5, 0.6) is 0 Å². The number of nitrogens with zero attached hydrogens (tertiary/aromatic N) is 4. The van der Waals surface area contributed by atoms with E-state index in [1.165, 1.54) is 36.8 Å². The number of aliphatic imine (C=N–C) groups is 1. The highest BCUT2D eigenvalue weighted by Crippen LogP contribution is 2.21. The van der Waals surface area contributed by atoms with Crippen molar-refractivity contribution in [2.75, 3.05) is 6.54 Å². The van der Waals surface area contributed by atoms with Gasteiger partial charge in [0.25, 0.3) is 0 Å². The van der Waals surface area contributed by atoms with E-state index < -0.39 is 0 Å². The maximum absolute atomic E-state index is 4.88. The molecule has 4 rings (SSSR count). The summed E-state index contributed by atoms with van der Waals surface area (Å²) in [5.41, 5.74) is 2.69. The van der Waals surface area contributed by atoms with Crippen LogP contribution in [0.1, 0.15) is 54.4 Å². The zero-order chi connectivity index (χ0) is 22.2. The lowest BCUT2D eigenvalue weighted by molar-refractivity contribution is 0.592. The molecule has 6 heteroatoms. The van der Waals surface area contributed by atoms with Gasteiger partial charge in [-0.1, -0.05) is 73.5 Å². The summed E-state index contributed by atoms with van der Waals surface area (Å²) in [5.74, 6) is 3.00. The maximum Gasteiger partial charge on any atom is 0.191 e. The first kappa shape index (κ1) is 22.1. The Morgan fingerprint density at radius 2 is 1.72 bits per heavy atom. The van der Waals surface area contributed by atoms with E-state index in [1.54, 1.807) is 0 Å². The summed E-state index contributed by atoms with van der Waals surface area (Å²) in [7, 11) is 1.99. The molecule has 1 aromatic heterocycles. The van der Waals surface area contributed by atoms with Gasteiger partial charge in [-0.05, 0) is 37.3 Å². The van der Waals surface area contributed by atoms with Crippen LogP contribution in [-0.2, 0) is 20.0 Å². The zero-order valence-electron chi connectivity index (χ0n) is 19.2. The third-order valence-corrected chi connectivity index (χ3v) is 6.37. The molecule has 1 aliphatic carbocycles. The van der Waals surface area contributed by atoms with Gasteiger partial charge in [-0.25, -0.2) is 4.99 Å². The maximum atomic E-state index is 4.88. The summed E-state index contributed by atoms with van der Waals surface area (Å²) < 4.78 is 2.00. The smallest absolute Gasteiger partial charge is 0.191 e. The molecule has 1 heterocycles. The van der Waals surface area contributed by atoms with Crippen molar-refractivity contribution in [1.29, 1.82) is 0 Å². The monoisotopic (exact) mass is 430 g/mol. The number of guanidine groups is 1. The average molecular weight is 431 g/mol. The van der Waals surface area contributed by atoms with Crippen LogP contribution in [0.3, 0.4) is 0 Å². The molecule has 1 aliphatic rings. The molecule has 1 saturated carbocycles. The number of hydrogen-bond donors (Lipinski definition) is 2. The van der Waals surface area contributed by atoms with E-state index in [9.17, 15) is 0 Å². The molecule has 0 radical (unpaired) electrons. The van der Waals surface area contributed by atoms with Crippen LogP contribution in [-0.4, -0.2) is 33.3 Å². The van der Waals surface area contributed by atoms with Gasteiger partial charge in [0.2, 0.25) is 0 Å². The minimum absolute atomic E-state index is 0.353. The predicted octanol–water partition coefficient (Wildman–Crippen LogP) is 4.13. The summed E-state index contributed by atoms with van der Waals surface area (Å²) in [5, 5.41) is 15.7. The Kier molecular flexibility index (Phi) is 7.54. The summed E-state index contributed by atoms with van der Waals surface area (Å²) in [6.07, 6.45) is 5.96. The van der Waals surface area contributed by atoms with Crippen molar-refractivity contribution in [3.8, 4) is 0 Å². The van der Waals surface area contributed by atoms with Crippen molar-refractivity contribution in [2.45, 2.75) is 57.5 Å². The van der Waals surface area contributed by atoms with Gasteiger partial charge in [-0.3, -0.25) is 0 Å². The molecular formula is C26H34N6. The van der Waals surface area contributed by atoms with Crippen molar-refractivity contribution in [1.82, 2.24) is 25.4 Å². The Balaban J connectivity index is 1.49. The van der Waals surface area contributed by atoms with Gasteiger partial charge in [-0.2, -0.15) is 0 Å². The first-order valence-corrected chi connectivity index (χ1v) is 11.7. The molecule has 32 heavy (non-hydrogen) atoms. The fourth-order valence-corrected chi connectivity index (χ4v) is 4.31. The quantitative estimate of drug-likeness (QED) is 0.417. The van der Waals surface area contributed by atoms with Gasteiger partial charge in [0.15, 0.2) is 11.8 Å². The molecule has 1 fully saturated rings. The van der Waals surface area contributed by atoms with Crippen molar-refractivity contribution >= 4 is 5.96 Å². The summed E-state index contributed by atoms with van der Waals surface area (Å²) in [6.45, 7) is 3.29. The van der Waals surface area contributed by atoms with Crippen LogP contribution in [0.25, 0.3) is 0 Å². The Hall–Kier alpha value is -3.15. The van der Waals surface area contributed by atoms with E-state index in [4.69, 9.17) is 4.99 Å². The van der Waals surface area contributed by atoms with Crippen LogP contribution in [0.15, 0.2) is 65.7 Å². The number of benzene rings is 2. The number of nitrogens with one attached hydrogen (secondary N) is 2. The average Bonchev–Trinajstić information content (AvgIpc) is 3.46. The van der Waals surface area contributed by atoms with Crippen molar-refractivity contribution < 1.29 is 0 Å². The van der Waals surface area contributed by atoms with Gasteiger partial charge in [0.05, 0.1) is 0 Å². The molecule has 0 amide bonds. The second kappa shape index (κ2) is 10.9. The Bertz CT molecular complexity index is 990. The lowest BCUT2D eigenvalue weighted by atomic mass is 9.92. The minimum atomic E-state index is 0.353. The summed E-state index contributed by atoms with van der Waals surface area (Å²) in [6, 6.07) is 22.0. The predicted molar refractivity (Wildman–Crippen MR) is 130 cm³/mol. The Morgan fingerprint density at radius 1 is 1.03 bits per heavy atom. The normalized spacial score (nSPS) is 15.6. The number of hydrogen-bond acceptors (Lipinski definition) is 3. The Morgan fingerprint density at radius 3 is 2.38 bits per heavy atom. The number of rotatable bonds is 8. The van der Waals surface area contributed by atoms with E-state index >= 15 is 0 Å². The third-order valence-electron chi connectivity index (χ3n) is 6.37. The standard InChI is InChI=1S/C26H34N6/c1-20-30-31-25(32(20)2)19-28-26(29-24-15-9-10-16-24)27-18-23(22-13-7-4-8-14-22)17-21-11-5-3-6-12-21/h3-8,11-14,23-24H,9-10,15-19H2,1-2H3,(H2,27,28,29). The van der Waals surface area contributed by atoms with Crippen molar-refractivity contribution in [3.05, 3.63) is 83.4 Å². The topological polar surface area (TPSA) is 67.1 Å². The molecule has 0 aliphatic heterocycles. The SMILES string of the molecule is Cc1nnc(CN=C(NCC(Cc2ccccc2)c2ccccc2)NC2CCCC2)n1C. The lowest BCUT2D eigenvalue weighted by Crippen LogP contribution is -2.44. The van der Waals surface area contributed by atoms with Crippen LogP contribution < -0.4 is 10.6 Å². The molecular weight excluding hydrogens is 396 g/mol. The van der Waals surface area contributed by atoms with E-state index in [-0.39, 0.29) is 0 Å². The number of aryl methyl sites for hydroxylation is 1. The molecule has 0 spiro atoms. The van der Waals surface area contributed by atoms with E-state index in [2.05, 4.69) is 81.5 Å². The van der Waals surface area contributed by atoms with E-state index in [0.29, 0.717) is 18.5 Å².